The largest absolute Gasteiger partial charge is 0.360 e. The summed E-state index contributed by atoms with van der Waals surface area (Å²) < 4.78 is 0. The van der Waals surface area contributed by atoms with Crippen molar-refractivity contribution in [3.05, 3.63) is 35.0 Å². The minimum absolute atomic E-state index is 0.289. The molecule has 92 valence electrons. The van der Waals surface area contributed by atoms with Gasteiger partial charge >= 0.3 is 0 Å². The Morgan fingerprint density at radius 2 is 2.06 bits per heavy atom. The lowest BCUT2D eigenvalue weighted by Crippen LogP contribution is -2.05. The number of carbonyl (C=O) groups excluding carboxylic acids is 1. The van der Waals surface area contributed by atoms with Gasteiger partial charge in [0.15, 0.2) is 5.78 Å². The first-order chi connectivity index (χ1) is 8.75. The minimum Gasteiger partial charge on any atom is -0.360 e. The molecule has 0 radical (unpaired) electrons. The number of carbonyl (C=O) groups is 1. The number of aromatic nitrogens is 1. The van der Waals surface area contributed by atoms with Gasteiger partial charge in [-0.25, -0.2) is 0 Å². The topological polar surface area (TPSA) is 32.9 Å². The lowest BCUT2D eigenvalue weighted by Gasteiger charge is -2.02. The van der Waals surface area contributed by atoms with Gasteiger partial charge in [-0.15, -0.1) is 0 Å². The van der Waals surface area contributed by atoms with Gasteiger partial charge in [0.2, 0.25) is 0 Å². The quantitative estimate of drug-likeness (QED) is 0.811. The predicted octanol–water partition coefficient (Wildman–Crippen LogP) is 4.05. The lowest BCUT2D eigenvalue weighted by molar-refractivity contribution is 0.0953. The molecule has 2 aliphatic rings. The Kier molecular flexibility index (Phi) is 2.13. The summed E-state index contributed by atoms with van der Waals surface area (Å²) in [5.41, 5.74) is 1.82. The maximum atomic E-state index is 12.5. The van der Waals surface area contributed by atoms with Crippen molar-refractivity contribution in [1.82, 2.24) is 4.98 Å². The molecule has 1 aromatic heterocycles. The monoisotopic (exact) mass is 259 g/mol. The maximum Gasteiger partial charge on any atom is 0.168 e. The molecule has 0 bridgehead atoms. The Morgan fingerprint density at radius 3 is 2.83 bits per heavy atom. The van der Waals surface area contributed by atoms with E-state index in [-0.39, 0.29) is 5.92 Å². The van der Waals surface area contributed by atoms with Crippen LogP contribution in [0.15, 0.2) is 24.4 Å². The fourth-order valence-corrected chi connectivity index (χ4v) is 3.86. The van der Waals surface area contributed by atoms with E-state index >= 15 is 0 Å². The van der Waals surface area contributed by atoms with Gasteiger partial charge in [-0.05, 0) is 42.9 Å². The van der Waals surface area contributed by atoms with E-state index in [0.29, 0.717) is 22.6 Å². The number of hydrogen-bond acceptors (Lipinski definition) is 1. The summed E-state index contributed by atoms with van der Waals surface area (Å²) in [4.78, 5) is 15.7. The van der Waals surface area contributed by atoms with Crippen LogP contribution in [0.5, 0.6) is 0 Å². The summed E-state index contributed by atoms with van der Waals surface area (Å²) in [7, 11) is 0. The van der Waals surface area contributed by atoms with Crippen molar-refractivity contribution in [3.8, 4) is 0 Å². The summed E-state index contributed by atoms with van der Waals surface area (Å²) in [5, 5.41) is 1.66. The number of rotatable bonds is 2. The SMILES string of the molecule is O=C(c1c[nH]c2ccc(Cl)cc12)C1C2CCCC21. The van der Waals surface area contributed by atoms with Crippen molar-refractivity contribution < 1.29 is 4.79 Å². The van der Waals surface area contributed by atoms with Crippen LogP contribution in [0.2, 0.25) is 5.02 Å². The molecule has 0 saturated heterocycles. The first-order valence-corrected chi connectivity index (χ1v) is 6.94. The van der Waals surface area contributed by atoms with Crippen molar-refractivity contribution in [2.24, 2.45) is 17.8 Å². The highest BCUT2D eigenvalue weighted by molar-refractivity contribution is 6.31. The highest BCUT2D eigenvalue weighted by Crippen LogP contribution is 2.58. The van der Waals surface area contributed by atoms with Crippen molar-refractivity contribution in [2.75, 3.05) is 0 Å². The summed E-state index contributed by atoms with van der Waals surface area (Å²) >= 11 is 6.02. The van der Waals surface area contributed by atoms with Crippen LogP contribution in [0.25, 0.3) is 10.9 Å². The highest BCUT2D eigenvalue weighted by atomic mass is 35.5. The van der Waals surface area contributed by atoms with E-state index in [2.05, 4.69) is 4.98 Å². The summed E-state index contributed by atoms with van der Waals surface area (Å²) in [6, 6.07) is 5.67. The molecule has 2 unspecified atom stereocenters. The number of ketones is 1. The van der Waals surface area contributed by atoms with Crippen molar-refractivity contribution >= 4 is 28.3 Å². The molecule has 4 rings (SSSR count). The van der Waals surface area contributed by atoms with E-state index in [4.69, 9.17) is 11.6 Å². The molecule has 2 aliphatic carbocycles. The zero-order valence-corrected chi connectivity index (χ0v) is 10.7. The first-order valence-electron chi connectivity index (χ1n) is 6.56. The molecule has 1 aromatic carbocycles. The van der Waals surface area contributed by atoms with E-state index in [0.717, 1.165) is 16.5 Å². The van der Waals surface area contributed by atoms with Crippen LogP contribution in [0.3, 0.4) is 0 Å². The molecule has 2 saturated carbocycles. The normalized spacial score (nSPS) is 29.5. The fourth-order valence-electron chi connectivity index (χ4n) is 3.69. The second-order valence-electron chi connectivity index (χ2n) is 5.54. The van der Waals surface area contributed by atoms with E-state index in [1.807, 2.05) is 24.4 Å². The Labute approximate surface area is 110 Å². The molecule has 1 heterocycles. The average Bonchev–Trinajstić information content (AvgIpc) is 2.77. The Morgan fingerprint density at radius 1 is 1.28 bits per heavy atom. The summed E-state index contributed by atoms with van der Waals surface area (Å²) in [5.74, 6) is 1.94. The molecular weight excluding hydrogens is 246 g/mol. The van der Waals surface area contributed by atoms with Crippen LogP contribution in [-0.4, -0.2) is 10.8 Å². The molecule has 0 spiro atoms. The van der Waals surface area contributed by atoms with Gasteiger partial charge in [-0.1, -0.05) is 18.0 Å². The number of Topliss-reactive ketones (excluding diaryl/α,β-unsaturated/α-hetero) is 1. The van der Waals surface area contributed by atoms with Gasteiger partial charge in [0, 0.05) is 33.6 Å². The zero-order chi connectivity index (χ0) is 12.3. The molecule has 0 amide bonds. The van der Waals surface area contributed by atoms with Crippen molar-refractivity contribution in [1.29, 1.82) is 0 Å². The molecule has 0 aliphatic heterocycles. The van der Waals surface area contributed by atoms with Crippen LogP contribution in [0, 0.1) is 17.8 Å². The number of fused-ring (bicyclic) bond motifs is 2. The molecule has 2 nitrogen and oxygen atoms in total. The number of nitrogens with one attached hydrogen (secondary N) is 1. The lowest BCUT2D eigenvalue weighted by atomic mass is 10.0. The van der Waals surface area contributed by atoms with Crippen LogP contribution in [-0.2, 0) is 0 Å². The van der Waals surface area contributed by atoms with Gasteiger partial charge in [-0.3, -0.25) is 4.79 Å². The molecule has 3 heteroatoms. The second kappa shape index (κ2) is 3.61. The summed E-state index contributed by atoms with van der Waals surface area (Å²) in [6.07, 6.45) is 5.63. The Hall–Kier alpha value is -1.28. The van der Waals surface area contributed by atoms with Crippen LogP contribution >= 0.6 is 11.6 Å². The van der Waals surface area contributed by atoms with Gasteiger partial charge in [0.1, 0.15) is 0 Å². The fraction of sp³-hybridized carbons (Fsp3) is 0.400. The molecule has 2 atom stereocenters. The smallest absolute Gasteiger partial charge is 0.168 e. The van der Waals surface area contributed by atoms with Crippen LogP contribution in [0.1, 0.15) is 29.6 Å². The van der Waals surface area contributed by atoms with Crippen molar-refractivity contribution in [2.45, 2.75) is 19.3 Å². The Bertz CT molecular complexity index is 635. The third-order valence-corrected chi connectivity index (χ3v) is 4.85. The molecular formula is C15H14ClNO. The molecule has 2 fully saturated rings. The second-order valence-corrected chi connectivity index (χ2v) is 5.98. The number of halogens is 1. The predicted molar refractivity (Wildman–Crippen MR) is 72.0 cm³/mol. The van der Waals surface area contributed by atoms with E-state index in [1.54, 1.807) is 0 Å². The number of benzene rings is 1. The van der Waals surface area contributed by atoms with Gasteiger partial charge < -0.3 is 4.98 Å². The molecule has 1 N–H and O–H groups in total. The minimum atomic E-state index is 0.289. The maximum absolute atomic E-state index is 12.5. The third-order valence-electron chi connectivity index (χ3n) is 4.62. The van der Waals surface area contributed by atoms with E-state index in [9.17, 15) is 4.79 Å². The zero-order valence-electron chi connectivity index (χ0n) is 9.95. The number of hydrogen-bond donors (Lipinski definition) is 1. The standard InChI is InChI=1S/C15H14ClNO/c16-8-4-5-13-11(6-8)12(7-17-13)15(18)14-9-2-1-3-10(9)14/h4-7,9-10,14,17H,1-3H2. The van der Waals surface area contributed by atoms with E-state index < -0.39 is 0 Å². The first kappa shape index (κ1) is 10.6. The van der Waals surface area contributed by atoms with Gasteiger partial charge in [0.05, 0.1) is 0 Å². The Balaban J connectivity index is 1.74. The van der Waals surface area contributed by atoms with Crippen LogP contribution in [0.4, 0.5) is 0 Å². The average molecular weight is 260 g/mol. The number of aromatic amines is 1. The number of H-pyrrole nitrogens is 1. The highest BCUT2D eigenvalue weighted by Gasteiger charge is 2.56. The molecule has 18 heavy (non-hydrogen) atoms. The van der Waals surface area contributed by atoms with Gasteiger partial charge in [0.25, 0.3) is 0 Å². The van der Waals surface area contributed by atoms with Gasteiger partial charge in [-0.2, -0.15) is 0 Å². The third kappa shape index (κ3) is 1.39. The molecule has 2 aromatic rings. The van der Waals surface area contributed by atoms with Crippen molar-refractivity contribution in [3.63, 3.8) is 0 Å². The van der Waals surface area contributed by atoms with Crippen LogP contribution < -0.4 is 0 Å². The summed E-state index contributed by atoms with van der Waals surface area (Å²) in [6.45, 7) is 0. The van der Waals surface area contributed by atoms with E-state index in [1.165, 1.54) is 19.3 Å².